The summed E-state index contributed by atoms with van der Waals surface area (Å²) in [4.78, 5) is 10.1. The Bertz CT molecular complexity index is 1200. The van der Waals surface area contributed by atoms with Crippen molar-refractivity contribution < 1.29 is 49.0 Å². The van der Waals surface area contributed by atoms with Gasteiger partial charge in [0, 0.05) is 12.0 Å². The van der Waals surface area contributed by atoms with Gasteiger partial charge >= 0.3 is 18.7 Å². The Kier molecular flexibility index (Phi) is 19.7. The van der Waals surface area contributed by atoms with Crippen LogP contribution in [0.15, 0.2) is 72.8 Å². The number of primary amides is 1. The SMILES string of the molecule is C#C.CC.CC(CC(F)(F)F)C(N)=O.Cc1ccccc1.Fc1ccc(Cc2cc(F)cc(OC(F)(F)C(F)F)c2)cc1. The van der Waals surface area contributed by atoms with E-state index in [1.54, 1.807) is 0 Å². The number of nitrogens with two attached hydrogens (primary N) is 1. The summed E-state index contributed by atoms with van der Waals surface area (Å²) in [7, 11) is 0. The lowest BCUT2D eigenvalue weighted by Crippen LogP contribution is -2.33. The van der Waals surface area contributed by atoms with Gasteiger partial charge in [0.1, 0.15) is 17.4 Å². The Labute approximate surface area is 245 Å². The first-order chi connectivity index (χ1) is 20.0. The molecule has 0 saturated heterocycles. The van der Waals surface area contributed by atoms with E-state index in [1.807, 2.05) is 32.0 Å². The lowest BCUT2D eigenvalue weighted by atomic mass is 10.0. The molecule has 3 aromatic rings. The molecule has 0 bridgehead atoms. The zero-order valence-electron chi connectivity index (χ0n) is 23.9. The topological polar surface area (TPSA) is 52.3 Å². The van der Waals surface area contributed by atoms with E-state index in [2.05, 4.69) is 42.4 Å². The molecule has 1 amide bonds. The third-order valence-corrected chi connectivity index (χ3v) is 4.72. The molecule has 12 heteroatoms. The van der Waals surface area contributed by atoms with Crippen LogP contribution in [0.2, 0.25) is 0 Å². The first-order valence-electron chi connectivity index (χ1n) is 12.6. The molecule has 1 unspecified atom stereocenters. The summed E-state index contributed by atoms with van der Waals surface area (Å²) in [6.07, 6.45) is -6.07. The molecule has 238 valence electrons. The van der Waals surface area contributed by atoms with Crippen LogP contribution in [0.3, 0.4) is 0 Å². The van der Waals surface area contributed by atoms with Gasteiger partial charge in [-0.05, 0) is 48.7 Å². The number of hydrogen-bond acceptors (Lipinski definition) is 2. The molecule has 0 aliphatic carbocycles. The molecule has 1 atom stereocenters. The molecule has 3 aromatic carbocycles. The summed E-state index contributed by atoms with van der Waals surface area (Å²) in [5.41, 5.74) is 6.75. The van der Waals surface area contributed by atoms with Crippen molar-refractivity contribution in [2.24, 2.45) is 11.7 Å². The molecule has 0 aromatic heterocycles. The number of ether oxygens (including phenoxy) is 1. The van der Waals surface area contributed by atoms with E-state index in [9.17, 15) is 44.3 Å². The number of halogens is 9. The van der Waals surface area contributed by atoms with Crippen molar-refractivity contribution in [2.75, 3.05) is 0 Å². The van der Waals surface area contributed by atoms with Crippen molar-refractivity contribution in [3.05, 3.63) is 101 Å². The van der Waals surface area contributed by atoms with Crippen molar-refractivity contribution in [3.63, 3.8) is 0 Å². The number of aryl methyl sites for hydroxylation is 1. The lowest BCUT2D eigenvalue weighted by Gasteiger charge is -2.17. The molecular formula is C31H34F9NO2. The van der Waals surface area contributed by atoms with Crippen molar-refractivity contribution in [1.29, 1.82) is 0 Å². The van der Waals surface area contributed by atoms with E-state index < -0.39 is 54.3 Å². The zero-order valence-corrected chi connectivity index (χ0v) is 23.9. The van der Waals surface area contributed by atoms with Crippen LogP contribution in [0.1, 0.15) is 43.9 Å². The van der Waals surface area contributed by atoms with Gasteiger partial charge in [0.25, 0.3) is 0 Å². The fraction of sp³-hybridized carbons (Fsp3) is 0.323. The maximum atomic E-state index is 13.4. The highest BCUT2D eigenvalue weighted by Crippen LogP contribution is 2.29. The van der Waals surface area contributed by atoms with E-state index in [0.717, 1.165) is 19.1 Å². The summed E-state index contributed by atoms with van der Waals surface area (Å²) in [5, 5.41) is 0. The van der Waals surface area contributed by atoms with Crippen LogP contribution in [0.4, 0.5) is 39.5 Å². The minimum absolute atomic E-state index is 0.106. The number of terminal acetylenes is 1. The van der Waals surface area contributed by atoms with Crippen molar-refractivity contribution >= 4 is 5.91 Å². The standard InChI is InChI=1S/C15H10F6O.C7H8.C5H8F3NO.C2H6.C2H2/c16-11-3-1-9(2-4-11)5-10-6-12(17)8-13(7-10)22-15(20,21)14(18)19;1-7-5-3-2-4-6-7;1-3(4(9)10)2-5(6,7)8;2*1-2/h1-4,6-8,14H,5H2;2-6H,1H3;3H,2H2,1H3,(H2,9,10);1-2H3;1-2H. The highest BCUT2D eigenvalue weighted by atomic mass is 19.4. The predicted octanol–water partition coefficient (Wildman–Crippen LogP) is 9.12. The van der Waals surface area contributed by atoms with Gasteiger partial charge in [-0.25, -0.2) is 8.78 Å². The quantitative estimate of drug-likeness (QED) is 0.211. The third kappa shape index (κ3) is 19.6. The second-order valence-corrected chi connectivity index (χ2v) is 8.34. The summed E-state index contributed by atoms with van der Waals surface area (Å²) in [6, 6.07) is 18.2. The average molecular weight is 624 g/mol. The van der Waals surface area contributed by atoms with Crippen molar-refractivity contribution in [3.8, 4) is 18.6 Å². The van der Waals surface area contributed by atoms with Crippen LogP contribution < -0.4 is 10.5 Å². The van der Waals surface area contributed by atoms with Crippen LogP contribution in [0.25, 0.3) is 0 Å². The van der Waals surface area contributed by atoms with Crippen molar-refractivity contribution in [1.82, 2.24) is 0 Å². The number of carbonyl (C=O) groups is 1. The fourth-order valence-corrected chi connectivity index (χ4v) is 2.80. The molecule has 43 heavy (non-hydrogen) atoms. The molecule has 0 radical (unpaired) electrons. The Hall–Kier alpha value is -4.14. The average Bonchev–Trinajstić information content (AvgIpc) is 2.92. The van der Waals surface area contributed by atoms with Gasteiger partial charge in [-0.15, -0.1) is 12.8 Å². The fourth-order valence-electron chi connectivity index (χ4n) is 2.80. The Balaban J connectivity index is 0. The largest absolute Gasteiger partial charge is 0.461 e. The number of carbonyl (C=O) groups excluding carboxylic acids is 1. The van der Waals surface area contributed by atoms with Crippen molar-refractivity contribution in [2.45, 2.75) is 59.2 Å². The van der Waals surface area contributed by atoms with E-state index in [-0.39, 0.29) is 12.0 Å². The molecule has 0 saturated carbocycles. The van der Waals surface area contributed by atoms with Crippen LogP contribution >= 0.6 is 0 Å². The summed E-state index contributed by atoms with van der Waals surface area (Å²) >= 11 is 0. The van der Waals surface area contributed by atoms with Gasteiger partial charge in [-0.1, -0.05) is 68.8 Å². The van der Waals surface area contributed by atoms with Gasteiger partial charge in [-0.2, -0.15) is 30.7 Å². The Morgan fingerprint density at radius 2 is 1.35 bits per heavy atom. The number of amides is 1. The third-order valence-electron chi connectivity index (χ3n) is 4.72. The van der Waals surface area contributed by atoms with Crippen LogP contribution in [0, 0.1) is 37.3 Å². The second kappa shape index (κ2) is 20.7. The first kappa shape index (κ1) is 41.0. The number of benzene rings is 3. The number of rotatable bonds is 7. The normalized spacial score (nSPS) is 11.1. The van der Waals surface area contributed by atoms with Gasteiger partial charge in [0.15, 0.2) is 0 Å². The minimum Gasteiger partial charge on any atom is -0.428 e. The Morgan fingerprint density at radius 1 is 0.837 bits per heavy atom. The highest BCUT2D eigenvalue weighted by Gasteiger charge is 2.44. The van der Waals surface area contributed by atoms with Crippen LogP contribution in [0.5, 0.6) is 5.75 Å². The van der Waals surface area contributed by atoms with E-state index in [4.69, 9.17) is 0 Å². The van der Waals surface area contributed by atoms with Gasteiger partial charge in [0.2, 0.25) is 5.91 Å². The van der Waals surface area contributed by atoms with Gasteiger partial charge in [0.05, 0.1) is 6.42 Å². The first-order valence-corrected chi connectivity index (χ1v) is 12.6. The van der Waals surface area contributed by atoms with Gasteiger partial charge < -0.3 is 10.5 Å². The smallest absolute Gasteiger partial charge is 0.428 e. The van der Waals surface area contributed by atoms with Gasteiger partial charge in [-0.3, -0.25) is 4.79 Å². The molecule has 0 aliphatic rings. The molecule has 0 fully saturated rings. The summed E-state index contributed by atoms with van der Waals surface area (Å²) in [5.74, 6) is -4.11. The Morgan fingerprint density at radius 3 is 1.72 bits per heavy atom. The highest BCUT2D eigenvalue weighted by molar-refractivity contribution is 5.76. The molecule has 3 rings (SSSR count). The van der Waals surface area contributed by atoms with E-state index >= 15 is 0 Å². The van der Waals surface area contributed by atoms with Crippen LogP contribution in [-0.4, -0.2) is 24.6 Å². The molecule has 0 aliphatic heterocycles. The second-order valence-electron chi connectivity index (χ2n) is 8.34. The number of hydrogen-bond donors (Lipinski definition) is 1. The molecule has 2 N–H and O–H groups in total. The molecule has 0 heterocycles. The molecular weight excluding hydrogens is 589 g/mol. The molecule has 3 nitrogen and oxygen atoms in total. The number of alkyl halides is 7. The monoisotopic (exact) mass is 623 g/mol. The predicted molar refractivity (Wildman–Crippen MR) is 149 cm³/mol. The molecule has 0 spiro atoms. The van der Waals surface area contributed by atoms with E-state index in [1.165, 1.54) is 29.8 Å². The zero-order chi connectivity index (χ0) is 33.8. The minimum atomic E-state index is -4.71. The van der Waals surface area contributed by atoms with Crippen LogP contribution in [-0.2, 0) is 11.2 Å². The van der Waals surface area contributed by atoms with E-state index in [0.29, 0.717) is 11.6 Å². The maximum Gasteiger partial charge on any atom is 0.461 e. The lowest BCUT2D eigenvalue weighted by molar-refractivity contribution is -0.253. The summed E-state index contributed by atoms with van der Waals surface area (Å²) < 4.78 is 114. The maximum absolute atomic E-state index is 13.4. The summed E-state index contributed by atoms with van der Waals surface area (Å²) in [6.45, 7) is 7.23.